The zero-order valence-corrected chi connectivity index (χ0v) is 24.4. The standard InChI is InChI=1S/C33H34N6O4/c1-37-14-16-39(17-15-37)20-29(40)38(2)25-8-6-24(7-9-25)35-31(22-5-11-27-21(18-22)12-13-34-27)30-26-10-4-23(33(42)43-3)19-28(26)36-32(30)41/h4-13,18-19,34,36,41H,14-17,20H2,1-3H3. The van der Waals surface area contributed by atoms with Crippen molar-refractivity contribution in [2.75, 3.05) is 58.8 Å². The Kier molecular flexibility index (Phi) is 7.71. The van der Waals surface area contributed by atoms with Crippen molar-refractivity contribution in [3.63, 3.8) is 0 Å². The predicted molar refractivity (Wildman–Crippen MR) is 169 cm³/mol. The minimum absolute atomic E-state index is 0.0383. The third-order valence-corrected chi connectivity index (χ3v) is 8.07. The maximum Gasteiger partial charge on any atom is 0.337 e. The molecule has 0 bridgehead atoms. The lowest BCUT2D eigenvalue weighted by Gasteiger charge is -2.32. The molecule has 1 fully saturated rings. The van der Waals surface area contributed by atoms with Gasteiger partial charge in [0.1, 0.15) is 0 Å². The maximum absolute atomic E-state index is 13.0. The van der Waals surface area contributed by atoms with Crippen molar-refractivity contribution >= 4 is 50.8 Å². The van der Waals surface area contributed by atoms with Gasteiger partial charge in [-0.3, -0.25) is 9.69 Å². The fraction of sp³-hybridized carbons (Fsp3) is 0.242. The molecule has 0 spiro atoms. The Bertz CT molecular complexity index is 1830. The summed E-state index contributed by atoms with van der Waals surface area (Å²) in [4.78, 5) is 42.5. The Balaban J connectivity index is 1.35. The molecule has 1 aliphatic rings. The molecule has 3 aromatic carbocycles. The van der Waals surface area contributed by atoms with Gasteiger partial charge in [-0.1, -0.05) is 12.1 Å². The van der Waals surface area contributed by atoms with E-state index >= 15 is 0 Å². The number of fused-ring (bicyclic) bond motifs is 2. The van der Waals surface area contributed by atoms with Crippen molar-refractivity contribution in [1.29, 1.82) is 0 Å². The summed E-state index contributed by atoms with van der Waals surface area (Å²) in [7, 11) is 5.22. The zero-order valence-electron chi connectivity index (χ0n) is 24.4. The number of aromatic amines is 2. The van der Waals surface area contributed by atoms with Crippen LogP contribution in [0.5, 0.6) is 5.88 Å². The molecule has 3 N–H and O–H groups in total. The van der Waals surface area contributed by atoms with Gasteiger partial charge < -0.3 is 29.6 Å². The van der Waals surface area contributed by atoms with Crippen molar-refractivity contribution in [1.82, 2.24) is 19.8 Å². The Labute approximate surface area is 249 Å². The molecule has 1 aliphatic heterocycles. The van der Waals surface area contributed by atoms with Gasteiger partial charge >= 0.3 is 5.97 Å². The number of aromatic hydroxyl groups is 1. The topological polar surface area (TPSA) is 117 Å². The van der Waals surface area contributed by atoms with Crippen LogP contribution in [0.2, 0.25) is 0 Å². The molecule has 5 aromatic rings. The number of nitrogens with zero attached hydrogens (tertiary/aromatic N) is 4. The molecule has 0 radical (unpaired) electrons. The van der Waals surface area contributed by atoms with E-state index in [0.29, 0.717) is 40.0 Å². The normalized spacial score (nSPS) is 14.8. The number of rotatable bonds is 7. The van der Waals surface area contributed by atoms with Gasteiger partial charge in [-0.05, 0) is 61.6 Å². The molecule has 0 saturated carbocycles. The highest BCUT2D eigenvalue weighted by Gasteiger charge is 2.22. The number of amides is 1. The molecule has 1 amide bonds. The van der Waals surface area contributed by atoms with Crippen LogP contribution in [-0.2, 0) is 9.53 Å². The lowest BCUT2D eigenvalue weighted by Crippen LogP contribution is -2.48. The van der Waals surface area contributed by atoms with E-state index in [4.69, 9.17) is 9.73 Å². The summed E-state index contributed by atoms with van der Waals surface area (Å²) < 4.78 is 4.86. The fourth-order valence-corrected chi connectivity index (χ4v) is 5.46. The summed E-state index contributed by atoms with van der Waals surface area (Å²) in [5.74, 6) is -0.483. The molecule has 10 nitrogen and oxygen atoms in total. The lowest BCUT2D eigenvalue weighted by molar-refractivity contribution is -0.119. The molecule has 0 atom stereocenters. The molecular formula is C33H34N6O4. The SMILES string of the molecule is COC(=O)c1ccc2c(C(=Nc3ccc(N(C)C(=O)CN4CCN(C)CC4)cc3)c3ccc4[nH]ccc4c3)c(O)[nH]c2c1. The number of carbonyl (C=O) groups excluding carboxylic acids is 2. The van der Waals surface area contributed by atoms with E-state index in [1.807, 2.05) is 54.7 Å². The first-order valence-corrected chi connectivity index (χ1v) is 14.2. The molecular weight excluding hydrogens is 544 g/mol. The number of piperazine rings is 1. The van der Waals surface area contributed by atoms with Crippen molar-refractivity contribution in [2.45, 2.75) is 0 Å². The monoisotopic (exact) mass is 578 g/mol. The third-order valence-electron chi connectivity index (χ3n) is 8.07. The number of methoxy groups -OCH3 is 1. The molecule has 0 unspecified atom stereocenters. The number of benzene rings is 3. The number of hydrogen-bond acceptors (Lipinski definition) is 7. The summed E-state index contributed by atoms with van der Waals surface area (Å²) in [6, 6.07) is 20.5. The number of H-pyrrole nitrogens is 2. The van der Waals surface area contributed by atoms with E-state index in [0.717, 1.165) is 48.3 Å². The number of nitrogens with one attached hydrogen (secondary N) is 2. The van der Waals surface area contributed by atoms with E-state index in [2.05, 4.69) is 26.8 Å². The van der Waals surface area contributed by atoms with Gasteiger partial charge in [0.25, 0.3) is 0 Å². The second kappa shape index (κ2) is 11.7. The van der Waals surface area contributed by atoms with Gasteiger partial charge in [0.05, 0.1) is 36.2 Å². The molecule has 43 heavy (non-hydrogen) atoms. The van der Waals surface area contributed by atoms with Crippen molar-refractivity contribution in [3.8, 4) is 5.88 Å². The number of carbonyl (C=O) groups is 2. The van der Waals surface area contributed by atoms with E-state index in [-0.39, 0.29) is 11.8 Å². The van der Waals surface area contributed by atoms with Crippen LogP contribution >= 0.6 is 0 Å². The molecule has 2 aromatic heterocycles. The molecule has 0 aliphatic carbocycles. The fourth-order valence-electron chi connectivity index (χ4n) is 5.46. The van der Waals surface area contributed by atoms with Gasteiger partial charge in [-0.25, -0.2) is 9.79 Å². The van der Waals surface area contributed by atoms with Crippen LogP contribution in [0.1, 0.15) is 21.5 Å². The van der Waals surface area contributed by atoms with Gasteiger partial charge in [0, 0.05) is 72.5 Å². The number of aliphatic imine (C=N–C) groups is 1. The Morgan fingerprint density at radius 3 is 2.44 bits per heavy atom. The van der Waals surface area contributed by atoms with Gasteiger partial charge in [-0.2, -0.15) is 0 Å². The van der Waals surface area contributed by atoms with Crippen LogP contribution in [0.25, 0.3) is 21.8 Å². The van der Waals surface area contributed by atoms with Crippen LogP contribution in [0, 0.1) is 0 Å². The molecule has 6 rings (SSSR count). The lowest BCUT2D eigenvalue weighted by atomic mass is 9.99. The number of likely N-dealkylation sites (N-methyl/N-ethyl adjacent to an activating group) is 2. The quantitative estimate of drug-likeness (QED) is 0.193. The highest BCUT2D eigenvalue weighted by Crippen LogP contribution is 2.33. The second-order valence-electron chi connectivity index (χ2n) is 10.9. The number of aromatic nitrogens is 2. The van der Waals surface area contributed by atoms with Crippen molar-refractivity contribution in [2.24, 2.45) is 4.99 Å². The van der Waals surface area contributed by atoms with Gasteiger partial charge in [-0.15, -0.1) is 0 Å². The summed E-state index contributed by atoms with van der Waals surface area (Å²) in [5.41, 5.74) is 5.27. The maximum atomic E-state index is 13.0. The van der Waals surface area contributed by atoms with E-state index in [9.17, 15) is 14.7 Å². The Morgan fingerprint density at radius 1 is 0.953 bits per heavy atom. The smallest absolute Gasteiger partial charge is 0.337 e. The highest BCUT2D eigenvalue weighted by molar-refractivity contribution is 6.22. The molecule has 10 heteroatoms. The summed E-state index contributed by atoms with van der Waals surface area (Å²) in [6.07, 6.45) is 1.88. The largest absolute Gasteiger partial charge is 0.494 e. The second-order valence-corrected chi connectivity index (χ2v) is 10.9. The minimum Gasteiger partial charge on any atom is -0.494 e. The van der Waals surface area contributed by atoms with Crippen LogP contribution < -0.4 is 4.90 Å². The van der Waals surface area contributed by atoms with E-state index in [1.54, 1.807) is 30.1 Å². The molecule has 3 heterocycles. The minimum atomic E-state index is -0.462. The number of hydrogen-bond donors (Lipinski definition) is 3. The first kappa shape index (κ1) is 28.2. The average molecular weight is 579 g/mol. The molecule has 1 saturated heterocycles. The van der Waals surface area contributed by atoms with Gasteiger partial charge in [0.2, 0.25) is 5.91 Å². The van der Waals surface area contributed by atoms with Crippen molar-refractivity contribution in [3.05, 3.63) is 89.6 Å². The highest BCUT2D eigenvalue weighted by atomic mass is 16.5. The zero-order chi connectivity index (χ0) is 30.1. The van der Waals surface area contributed by atoms with Crippen LogP contribution in [0.4, 0.5) is 11.4 Å². The van der Waals surface area contributed by atoms with Crippen molar-refractivity contribution < 1.29 is 19.4 Å². The van der Waals surface area contributed by atoms with Crippen LogP contribution in [0.3, 0.4) is 0 Å². The Morgan fingerprint density at radius 2 is 1.70 bits per heavy atom. The number of ether oxygens (including phenoxy) is 1. The first-order chi connectivity index (χ1) is 20.8. The molecule has 220 valence electrons. The summed E-state index contributed by atoms with van der Waals surface area (Å²) in [6.45, 7) is 4.06. The van der Waals surface area contributed by atoms with E-state index < -0.39 is 5.97 Å². The van der Waals surface area contributed by atoms with Gasteiger partial charge in [0.15, 0.2) is 5.88 Å². The van der Waals surface area contributed by atoms with E-state index in [1.165, 1.54) is 7.11 Å². The van der Waals surface area contributed by atoms with Crippen LogP contribution in [0.15, 0.2) is 77.9 Å². The summed E-state index contributed by atoms with van der Waals surface area (Å²) >= 11 is 0. The first-order valence-electron chi connectivity index (χ1n) is 14.2. The third kappa shape index (κ3) is 5.75. The summed E-state index contributed by atoms with van der Waals surface area (Å²) in [5, 5.41) is 12.8. The van der Waals surface area contributed by atoms with Crippen LogP contribution in [-0.4, -0.2) is 96.4 Å². The number of anilines is 1. The average Bonchev–Trinajstić information content (AvgIpc) is 3.63. The Hall–Kier alpha value is -4.93. The number of esters is 1. The predicted octanol–water partition coefficient (Wildman–Crippen LogP) is 4.52.